The summed E-state index contributed by atoms with van der Waals surface area (Å²) in [6, 6.07) is 43.2. The molecule has 0 aliphatic carbocycles. The summed E-state index contributed by atoms with van der Waals surface area (Å²) in [6.07, 6.45) is 0. The maximum atomic E-state index is 11.2. The average molecular weight is 580 g/mol. The van der Waals surface area contributed by atoms with Gasteiger partial charge in [0, 0.05) is 5.56 Å². The Morgan fingerprint density at radius 1 is 0.356 bits per heavy atom. The van der Waals surface area contributed by atoms with E-state index in [0.29, 0.717) is 5.56 Å². The Hall–Kier alpha value is -5.94. The second-order valence-electron chi connectivity index (χ2n) is 11.3. The van der Waals surface area contributed by atoms with Gasteiger partial charge in [-0.25, -0.2) is 0 Å². The molecule has 0 bridgehead atoms. The predicted octanol–water partition coefficient (Wildman–Crippen LogP) is 8.92. The summed E-state index contributed by atoms with van der Waals surface area (Å²) in [7, 11) is 6.01. The summed E-state index contributed by atoms with van der Waals surface area (Å²) in [5.74, 6) is -2.71. The number of fused-ring (bicyclic) bond motifs is 5. The van der Waals surface area contributed by atoms with Crippen molar-refractivity contribution < 1.29 is 20.4 Å². The van der Waals surface area contributed by atoms with Crippen LogP contribution in [0.1, 0.15) is 0 Å². The fourth-order valence-corrected chi connectivity index (χ4v) is 6.76. The quantitative estimate of drug-likeness (QED) is 0.0553. The monoisotopic (exact) mass is 580 g/mol. The van der Waals surface area contributed by atoms with Crippen molar-refractivity contribution in [1.82, 2.24) is 0 Å². The number of benzene rings is 8. The van der Waals surface area contributed by atoms with Crippen LogP contribution in [0.15, 0.2) is 127 Å². The first kappa shape index (κ1) is 26.7. The fraction of sp³-hybridized carbons (Fsp3) is 0. The molecule has 2 radical (unpaired) electrons. The molecule has 8 rings (SSSR count). The van der Waals surface area contributed by atoms with Gasteiger partial charge in [-0.3, -0.25) is 0 Å². The summed E-state index contributed by atoms with van der Waals surface area (Å²) in [5, 5.41) is 51.0. The van der Waals surface area contributed by atoms with Crippen molar-refractivity contribution in [3.05, 3.63) is 127 Å². The van der Waals surface area contributed by atoms with Gasteiger partial charge in [0.15, 0.2) is 11.5 Å². The zero-order chi connectivity index (χ0) is 30.8. The van der Waals surface area contributed by atoms with E-state index in [9.17, 15) is 20.4 Å². The van der Waals surface area contributed by atoms with E-state index in [0.717, 1.165) is 65.3 Å². The van der Waals surface area contributed by atoms with Gasteiger partial charge in [0.25, 0.3) is 0 Å². The molecule has 0 atom stereocenters. The Labute approximate surface area is 260 Å². The first-order chi connectivity index (χ1) is 21.9. The summed E-state index contributed by atoms with van der Waals surface area (Å²) in [5.41, 5.74) is 4.21. The summed E-state index contributed by atoms with van der Waals surface area (Å²) in [4.78, 5) is 0. The molecule has 8 aromatic rings. The number of phenols is 4. The standard InChI is InChI=1S/C40H25BO4/c41-36-37(42)35(38(43)40(45)39(36)44)34-28-16-8-6-14-26(28)33(27-15-7-9-17-29(27)34)32-21-31-24(19-18-23-12-4-5-13-25(23)31)20-30(32)22-10-2-1-3-11-22/h1-21,42-45H. The Kier molecular flexibility index (Phi) is 5.97. The molecule has 212 valence electrons. The largest absolute Gasteiger partial charge is 0.508 e. The maximum absolute atomic E-state index is 11.2. The summed E-state index contributed by atoms with van der Waals surface area (Å²) >= 11 is 0. The van der Waals surface area contributed by atoms with E-state index in [2.05, 4.69) is 54.6 Å². The van der Waals surface area contributed by atoms with Crippen LogP contribution in [0.4, 0.5) is 0 Å². The van der Waals surface area contributed by atoms with Crippen LogP contribution in [0, 0.1) is 0 Å². The smallest absolute Gasteiger partial charge is 0.200 e. The number of hydrogen-bond donors (Lipinski definition) is 4. The van der Waals surface area contributed by atoms with Crippen molar-refractivity contribution in [1.29, 1.82) is 0 Å². The topological polar surface area (TPSA) is 80.9 Å². The Morgan fingerprint density at radius 2 is 0.889 bits per heavy atom. The number of phenolic OH excluding ortho intramolecular Hbond substituents is 4. The van der Waals surface area contributed by atoms with Crippen LogP contribution in [0.5, 0.6) is 23.0 Å². The highest BCUT2D eigenvalue weighted by Crippen LogP contribution is 2.53. The molecule has 0 aromatic heterocycles. The highest BCUT2D eigenvalue weighted by atomic mass is 16.3. The average Bonchev–Trinajstić information content (AvgIpc) is 3.09. The van der Waals surface area contributed by atoms with Gasteiger partial charge < -0.3 is 20.4 Å². The highest BCUT2D eigenvalue weighted by molar-refractivity contribution is 6.38. The van der Waals surface area contributed by atoms with Gasteiger partial charge in [-0.1, -0.05) is 115 Å². The molecule has 0 saturated heterocycles. The minimum Gasteiger partial charge on any atom is -0.508 e. The molecule has 0 spiro atoms. The Balaban J connectivity index is 1.58. The van der Waals surface area contributed by atoms with Crippen molar-refractivity contribution in [2.24, 2.45) is 0 Å². The normalized spacial score (nSPS) is 11.6. The lowest BCUT2D eigenvalue weighted by Crippen LogP contribution is -2.06. The van der Waals surface area contributed by atoms with Gasteiger partial charge in [-0.15, -0.1) is 0 Å². The van der Waals surface area contributed by atoms with Crippen LogP contribution < -0.4 is 5.46 Å². The third kappa shape index (κ3) is 3.94. The lowest BCUT2D eigenvalue weighted by Gasteiger charge is -2.22. The zero-order valence-corrected chi connectivity index (χ0v) is 24.0. The molecule has 0 amide bonds. The van der Waals surface area contributed by atoms with Gasteiger partial charge in [0.2, 0.25) is 5.75 Å². The van der Waals surface area contributed by atoms with Gasteiger partial charge >= 0.3 is 0 Å². The minimum atomic E-state index is -0.787. The Bertz CT molecular complexity index is 2400. The number of rotatable bonds is 3. The van der Waals surface area contributed by atoms with Crippen LogP contribution in [-0.4, -0.2) is 28.3 Å². The van der Waals surface area contributed by atoms with Crippen molar-refractivity contribution in [3.8, 4) is 56.4 Å². The molecule has 4 nitrogen and oxygen atoms in total. The zero-order valence-electron chi connectivity index (χ0n) is 24.0. The first-order valence-electron chi connectivity index (χ1n) is 14.6. The van der Waals surface area contributed by atoms with E-state index in [1.165, 1.54) is 0 Å². The molecular weight excluding hydrogens is 555 g/mol. The van der Waals surface area contributed by atoms with Crippen molar-refractivity contribution >= 4 is 56.4 Å². The lowest BCUT2D eigenvalue weighted by molar-refractivity contribution is 0.366. The first-order valence-corrected chi connectivity index (χ1v) is 14.6. The van der Waals surface area contributed by atoms with Crippen molar-refractivity contribution in [2.75, 3.05) is 0 Å². The second kappa shape index (κ2) is 10.1. The molecule has 0 unspecified atom stereocenters. The molecule has 45 heavy (non-hydrogen) atoms. The van der Waals surface area contributed by atoms with Crippen molar-refractivity contribution in [2.45, 2.75) is 0 Å². The molecule has 8 aromatic carbocycles. The molecule has 0 saturated carbocycles. The minimum absolute atomic E-state index is 0.0467. The lowest BCUT2D eigenvalue weighted by atomic mass is 9.81. The van der Waals surface area contributed by atoms with Crippen LogP contribution in [0.2, 0.25) is 0 Å². The molecule has 0 aliphatic rings. The predicted molar refractivity (Wildman–Crippen MR) is 185 cm³/mol. The number of hydrogen-bond acceptors (Lipinski definition) is 4. The second-order valence-corrected chi connectivity index (χ2v) is 11.3. The van der Waals surface area contributed by atoms with E-state index < -0.39 is 28.5 Å². The van der Waals surface area contributed by atoms with Crippen LogP contribution in [-0.2, 0) is 0 Å². The fourth-order valence-electron chi connectivity index (χ4n) is 6.76. The molecule has 0 aliphatic heterocycles. The SMILES string of the molecule is [B]c1c(O)c(O)c(O)c(-c2c3ccccc3c(-c3cc4c(ccc5ccccc54)cc3-c3ccccc3)c3ccccc23)c1O. The van der Waals surface area contributed by atoms with Crippen LogP contribution >= 0.6 is 0 Å². The van der Waals surface area contributed by atoms with Crippen LogP contribution in [0.25, 0.3) is 76.5 Å². The summed E-state index contributed by atoms with van der Waals surface area (Å²) < 4.78 is 0. The van der Waals surface area contributed by atoms with Gasteiger partial charge in [0.05, 0.1) is 5.56 Å². The third-order valence-corrected chi connectivity index (χ3v) is 8.85. The highest BCUT2D eigenvalue weighted by Gasteiger charge is 2.27. The molecule has 0 fully saturated rings. The van der Waals surface area contributed by atoms with Crippen LogP contribution in [0.3, 0.4) is 0 Å². The van der Waals surface area contributed by atoms with E-state index in [-0.39, 0.29) is 5.56 Å². The molecular formula is C40H25BO4. The summed E-state index contributed by atoms with van der Waals surface area (Å²) in [6.45, 7) is 0. The van der Waals surface area contributed by atoms with E-state index in [1.807, 2.05) is 72.8 Å². The van der Waals surface area contributed by atoms with E-state index in [4.69, 9.17) is 7.85 Å². The van der Waals surface area contributed by atoms with E-state index >= 15 is 0 Å². The molecule has 5 heteroatoms. The van der Waals surface area contributed by atoms with Gasteiger partial charge in [-0.05, 0) is 82.9 Å². The van der Waals surface area contributed by atoms with E-state index in [1.54, 1.807) is 0 Å². The van der Waals surface area contributed by atoms with Gasteiger partial charge in [-0.2, -0.15) is 0 Å². The third-order valence-electron chi connectivity index (χ3n) is 8.85. The molecule has 4 N–H and O–H groups in total. The maximum Gasteiger partial charge on any atom is 0.200 e. The Morgan fingerprint density at radius 3 is 1.53 bits per heavy atom. The van der Waals surface area contributed by atoms with Crippen molar-refractivity contribution in [3.63, 3.8) is 0 Å². The number of aromatic hydroxyl groups is 4. The van der Waals surface area contributed by atoms with Gasteiger partial charge in [0.1, 0.15) is 13.6 Å². The molecule has 0 heterocycles.